The van der Waals surface area contributed by atoms with Gasteiger partial charge in [-0.1, -0.05) is 27.7 Å². The van der Waals surface area contributed by atoms with E-state index < -0.39 is 11.9 Å². The minimum atomic E-state index is -0.865. The Morgan fingerprint density at radius 2 is 1.95 bits per heavy atom. The number of nitrogens with one attached hydrogen (secondary N) is 1. The third kappa shape index (κ3) is 9.00. The maximum Gasteiger partial charge on any atom is 0.163 e. The summed E-state index contributed by atoms with van der Waals surface area (Å²) in [4.78, 5) is 12.2. The van der Waals surface area contributed by atoms with Crippen LogP contribution in [0, 0.1) is 5.41 Å². The molecule has 0 fully saturated rings. The van der Waals surface area contributed by atoms with Gasteiger partial charge in [0.05, 0.1) is 12.0 Å². The zero-order chi connectivity index (χ0) is 17.3. The lowest BCUT2D eigenvalue weighted by atomic mass is 9.87. The highest BCUT2D eigenvalue weighted by atomic mass is 35.5. The molecule has 0 aliphatic rings. The number of Topliss-reactive ketones (excluding diaryl/α,β-unsaturated/α-hetero) is 1. The summed E-state index contributed by atoms with van der Waals surface area (Å²) >= 11 is 5.37. The standard InChI is InChI=1S/C17H27ClFNO2/c1-6-14(8-7-13(19)10-18)20-11-15(12(2)21)16(22)9-17(3,4)5/h7-8,11-12,20-21H,6,9-10H2,1-5H3/b13-7+,14-8+,15-11-. The first-order valence-corrected chi connectivity index (χ1v) is 7.93. The molecule has 2 N–H and O–H groups in total. The molecule has 0 aliphatic carbocycles. The van der Waals surface area contributed by atoms with E-state index in [4.69, 9.17) is 11.6 Å². The molecule has 0 rings (SSSR count). The molecule has 1 atom stereocenters. The second kappa shape index (κ2) is 9.80. The smallest absolute Gasteiger partial charge is 0.163 e. The molecule has 0 aliphatic heterocycles. The number of carbonyl (C=O) groups excluding carboxylic acids is 1. The van der Waals surface area contributed by atoms with Gasteiger partial charge in [-0.3, -0.25) is 4.79 Å². The van der Waals surface area contributed by atoms with Crippen molar-refractivity contribution in [2.45, 2.75) is 53.6 Å². The summed E-state index contributed by atoms with van der Waals surface area (Å²) in [5.74, 6) is -0.710. The number of allylic oxidation sites excluding steroid dienone is 4. The fourth-order valence-corrected chi connectivity index (χ4v) is 1.78. The van der Waals surface area contributed by atoms with E-state index in [2.05, 4.69) is 5.32 Å². The Kier molecular flexibility index (Phi) is 9.30. The summed E-state index contributed by atoms with van der Waals surface area (Å²) in [5.41, 5.74) is 0.888. The lowest BCUT2D eigenvalue weighted by Gasteiger charge is -2.19. The van der Waals surface area contributed by atoms with Gasteiger partial charge in [-0.15, -0.1) is 11.6 Å². The molecular weight excluding hydrogens is 305 g/mol. The maximum absolute atomic E-state index is 13.0. The van der Waals surface area contributed by atoms with E-state index in [0.29, 0.717) is 18.4 Å². The molecular formula is C17H27ClFNO2. The highest BCUT2D eigenvalue weighted by Crippen LogP contribution is 2.22. The molecule has 0 aromatic carbocycles. The van der Waals surface area contributed by atoms with Crippen molar-refractivity contribution in [3.05, 3.63) is 35.4 Å². The number of halogens is 2. The molecule has 0 heterocycles. The summed E-state index contributed by atoms with van der Waals surface area (Å²) < 4.78 is 13.0. The van der Waals surface area contributed by atoms with Crippen LogP contribution in [0.4, 0.5) is 4.39 Å². The lowest BCUT2D eigenvalue weighted by Crippen LogP contribution is -2.22. The van der Waals surface area contributed by atoms with Gasteiger partial charge >= 0.3 is 0 Å². The molecule has 0 saturated carbocycles. The second-order valence-electron chi connectivity index (χ2n) is 6.37. The first-order chi connectivity index (χ1) is 10.1. The van der Waals surface area contributed by atoms with Gasteiger partial charge in [0.1, 0.15) is 5.83 Å². The maximum atomic E-state index is 13.0. The predicted molar refractivity (Wildman–Crippen MR) is 90.3 cm³/mol. The van der Waals surface area contributed by atoms with E-state index in [1.807, 2.05) is 27.7 Å². The van der Waals surface area contributed by atoms with Crippen molar-refractivity contribution in [3.8, 4) is 0 Å². The minimum Gasteiger partial charge on any atom is -0.389 e. The number of hydrogen-bond donors (Lipinski definition) is 2. The van der Waals surface area contributed by atoms with Crippen molar-refractivity contribution in [2.24, 2.45) is 5.41 Å². The van der Waals surface area contributed by atoms with Crippen molar-refractivity contribution < 1.29 is 14.3 Å². The zero-order valence-corrected chi connectivity index (χ0v) is 14.8. The van der Waals surface area contributed by atoms with Crippen LogP contribution in [0.1, 0.15) is 47.5 Å². The Balaban J connectivity index is 5.11. The van der Waals surface area contributed by atoms with E-state index in [0.717, 1.165) is 5.70 Å². The second-order valence-corrected chi connectivity index (χ2v) is 6.64. The van der Waals surface area contributed by atoms with E-state index in [-0.39, 0.29) is 17.1 Å². The monoisotopic (exact) mass is 331 g/mol. The number of hydrogen-bond acceptors (Lipinski definition) is 3. The number of rotatable bonds is 8. The Hall–Kier alpha value is -1.13. The Morgan fingerprint density at radius 1 is 1.36 bits per heavy atom. The largest absolute Gasteiger partial charge is 0.389 e. The Labute approximate surface area is 137 Å². The molecule has 0 bridgehead atoms. The normalized spacial score (nSPS) is 15.7. The van der Waals surface area contributed by atoms with Gasteiger partial charge < -0.3 is 10.4 Å². The van der Waals surface area contributed by atoms with Crippen molar-refractivity contribution in [3.63, 3.8) is 0 Å². The summed E-state index contributed by atoms with van der Waals surface area (Å²) in [6, 6.07) is 0. The van der Waals surface area contributed by atoms with Crippen LogP contribution in [0.3, 0.4) is 0 Å². The summed E-state index contributed by atoms with van der Waals surface area (Å²) in [6.07, 6.45) is 4.46. The van der Waals surface area contributed by atoms with E-state index in [1.54, 1.807) is 13.0 Å². The van der Waals surface area contributed by atoms with Gasteiger partial charge in [-0.2, -0.15) is 0 Å². The number of carbonyl (C=O) groups is 1. The predicted octanol–water partition coefficient (Wildman–Crippen LogP) is 4.23. The summed E-state index contributed by atoms with van der Waals surface area (Å²) in [5, 5.41) is 12.7. The SMILES string of the molecule is CC/C(=C\C=C(\F)CCl)N/C=C(\C(=O)CC(C)(C)C)C(C)O. The van der Waals surface area contributed by atoms with Crippen molar-refractivity contribution >= 4 is 17.4 Å². The highest BCUT2D eigenvalue weighted by molar-refractivity contribution is 6.19. The molecule has 0 aromatic rings. The molecule has 0 amide bonds. The molecule has 0 radical (unpaired) electrons. The van der Waals surface area contributed by atoms with Crippen molar-refractivity contribution in [1.29, 1.82) is 0 Å². The molecule has 3 nitrogen and oxygen atoms in total. The molecule has 126 valence electrons. The minimum absolute atomic E-state index is 0.104. The lowest BCUT2D eigenvalue weighted by molar-refractivity contribution is -0.118. The van der Waals surface area contributed by atoms with Gasteiger partial charge in [0, 0.05) is 23.9 Å². The average molecular weight is 332 g/mol. The number of alkyl halides is 1. The first-order valence-electron chi connectivity index (χ1n) is 7.39. The van der Waals surface area contributed by atoms with Gasteiger partial charge in [0.25, 0.3) is 0 Å². The van der Waals surface area contributed by atoms with Crippen LogP contribution in [-0.4, -0.2) is 22.9 Å². The Bertz CT molecular complexity index is 460. The van der Waals surface area contributed by atoms with E-state index >= 15 is 0 Å². The summed E-state index contributed by atoms with van der Waals surface area (Å²) in [6.45, 7) is 9.36. The van der Waals surface area contributed by atoms with Crippen LogP contribution in [-0.2, 0) is 4.79 Å². The topological polar surface area (TPSA) is 49.3 Å². The number of ketones is 1. The highest BCUT2D eigenvalue weighted by Gasteiger charge is 2.21. The molecule has 1 unspecified atom stereocenters. The number of aliphatic hydroxyl groups excluding tert-OH is 1. The van der Waals surface area contributed by atoms with Crippen molar-refractivity contribution in [2.75, 3.05) is 5.88 Å². The third-order valence-electron chi connectivity index (χ3n) is 2.85. The fraction of sp³-hybridized carbons (Fsp3) is 0.588. The first kappa shape index (κ1) is 20.9. The average Bonchev–Trinajstić information content (AvgIpc) is 2.39. The zero-order valence-electron chi connectivity index (χ0n) is 14.0. The third-order valence-corrected chi connectivity index (χ3v) is 3.11. The van der Waals surface area contributed by atoms with Crippen molar-refractivity contribution in [1.82, 2.24) is 5.32 Å². The van der Waals surface area contributed by atoms with E-state index in [9.17, 15) is 14.3 Å². The van der Waals surface area contributed by atoms with Crippen LogP contribution in [0.2, 0.25) is 0 Å². The number of aliphatic hydroxyl groups is 1. The molecule has 0 aromatic heterocycles. The van der Waals surface area contributed by atoms with Crippen LogP contribution < -0.4 is 5.32 Å². The Morgan fingerprint density at radius 3 is 2.36 bits per heavy atom. The van der Waals surface area contributed by atoms with Gasteiger partial charge in [0.15, 0.2) is 5.78 Å². The van der Waals surface area contributed by atoms with Gasteiger partial charge in [-0.05, 0) is 30.9 Å². The van der Waals surface area contributed by atoms with Crippen LogP contribution >= 0.6 is 11.6 Å². The van der Waals surface area contributed by atoms with Gasteiger partial charge in [-0.25, -0.2) is 4.39 Å². The van der Waals surface area contributed by atoms with Crippen LogP contribution in [0.25, 0.3) is 0 Å². The fourth-order valence-electron chi connectivity index (χ4n) is 1.69. The van der Waals surface area contributed by atoms with Crippen LogP contribution in [0.15, 0.2) is 35.4 Å². The summed E-state index contributed by atoms with van der Waals surface area (Å²) in [7, 11) is 0. The molecule has 0 saturated heterocycles. The van der Waals surface area contributed by atoms with E-state index in [1.165, 1.54) is 12.3 Å². The van der Waals surface area contributed by atoms with Gasteiger partial charge in [0.2, 0.25) is 0 Å². The van der Waals surface area contributed by atoms with Crippen LogP contribution in [0.5, 0.6) is 0 Å². The molecule has 5 heteroatoms. The molecule has 22 heavy (non-hydrogen) atoms. The quantitative estimate of drug-likeness (QED) is 0.397. The molecule has 0 spiro atoms.